The van der Waals surface area contributed by atoms with Crippen LogP contribution in [-0.2, 0) is 6.54 Å². The molecule has 0 aliphatic rings. The third kappa shape index (κ3) is 3.85. The highest BCUT2D eigenvalue weighted by Gasteiger charge is 2.26. The van der Waals surface area contributed by atoms with Crippen LogP contribution in [0, 0.1) is 6.92 Å². The number of para-hydroxylation sites is 2. The molecule has 4 aromatic carbocycles. The van der Waals surface area contributed by atoms with E-state index in [-0.39, 0.29) is 11.6 Å². The van der Waals surface area contributed by atoms with Gasteiger partial charge in [-0.15, -0.1) is 10.2 Å². The van der Waals surface area contributed by atoms with Crippen LogP contribution < -0.4 is 0 Å². The number of carbonyl (C=O) groups excluding carboxylic acids is 1. The standard InChI is InChI=1S/C32H24N6O2/c1-20-16-17-24-23(18-20)28(30(39)33-24)35-36-31(40)29-27(22-12-6-3-7-13-22)34-32-37(19-21-10-4-2-5-11-21)25-14-8-9-15-26(25)38(29)32/h2-18,33,39H,19H2,1H3. The molecule has 0 unspecified atom stereocenters. The first-order valence-electron chi connectivity index (χ1n) is 12.9. The number of aromatic hydroxyl groups is 1. The maximum atomic E-state index is 13.9. The molecule has 7 rings (SSSR count). The summed E-state index contributed by atoms with van der Waals surface area (Å²) in [6.07, 6.45) is 0. The number of rotatable bonds is 5. The fraction of sp³-hybridized carbons (Fsp3) is 0.0625. The van der Waals surface area contributed by atoms with Gasteiger partial charge in [0.1, 0.15) is 11.4 Å². The van der Waals surface area contributed by atoms with E-state index in [4.69, 9.17) is 4.98 Å². The van der Waals surface area contributed by atoms with Gasteiger partial charge in [-0.2, -0.15) is 0 Å². The third-order valence-electron chi connectivity index (χ3n) is 7.10. The first kappa shape index (κ1) is 23.6. The number of azo groups is 1. The van der Waals surface area contributed by atoms with Gasteiger partial charge < -0.3 is 14.7 Å². The molecule has 0 saturated carbocycles. The fourth-order valence-electron chi connectivity index (χ4n) is 5.24. The SMILES string of the molecule is Cc1ccc2[nH]c(O)c(N=NC(=O)c3c(-c4ccccc4)nc4n(Cc5ccccc5)c5ccccc5n34)c2c1. The molecule has 3 aromatic heterocycles. The highest BCUT2D eigenvalue weighted by atomic mass is 16.3. The topological polar surface area (TPSA) is 100 Å². The van der Waals surface area contributed by atoms with Gasteiger partial charge in [0.25, 0.3) is 0 Å². The number of hydrogen-bond acceptors (Lipinski definition) is 4. The molecule has 8 heteroatoms. The third-order valence-corrected chi connectivity index (χ3v) is 7.10. The molecule has 0 atom stereocenters. The Morgan fingerprint density at radius 1 is 0.900 bits per heavy atom. The molecule has 8 nitrogen and oxygen atoms in total. The van der Waals surface area contributed by atoms with Crippen LogP contribution in [0.3, 0.4) is 0 Å². The van der Waals surface area contributed by atoms with E-state index in [1.165, 1.54) is 0 Å². The lowest BCUT2D eigenvalue weighted by molar-refractivity contribution is 0.0990. The monoisotopic (exact) mass is 524 g/mol. The van der Waals surface area contributed by atoms with Crippen molar-refractivity contribution in [1.29, 1.82) is 0 Å². The van der Waals surface area contributed by atoms with Gasteiger partial charge in [-0.25, -0.2) is 4.98 Å². The zero-order valence-electron chi connectivity index (χ0n) is 21.6. The average Bonchev–Trinajstić information content (AvgIpc) is 3.62. The molecule has 0 aliphatic carbocycles. The Bertz CT molecular complexity index is 2070. The second-order valence-electron chi connectivity index (χ2n) is 9.75. The van der Waals surface area contributed by atoms with Gasteiger partial charge in [-0.1, -0.05) is 84.4 Å². The number of amides is 1. The first-order chi connectivity index (χ1) is 19.6. The number of nitrogens with zero attached hydrogens (tertiary/aromatic N) is 5. The van der Waals surface area contributed by atoms with Crippen molar-refractivity contribution in [2.24, 2.45) is 10.2 Å². The van der Waals surface area contributed by atoms with E-state index in [1.54, 1.807) is 0 Å². The van der Waals surface area contributed by atoms with Crippen molar-refractivity contribution in [2.75, 3.05) is 0 Å². The summed E-state index contributed by atoms with van der Waals surface area (Å²) in [5.41, 5.74) is 6.47. The first-order valence-corrected chi connectivity index (χ1v) is 12.9. The van der Waals surface area contributed by atoms with Crippen molar-refractivity contribution < 1.29 is 9.90 Å². The molecule has 0 bridgehead atoms. The minimum atomic E-state index is -0.560. The summed E-state index contributed by atoms with van der Waals surface area (Å²) in [5.74, 6) is -0.0679. The molecule has 0 saturated heterocycles. The summed E-state index contributed by atoms with van der Waals surface area (Å²) >= 11 is 0. The lowest BCUT2D eigenvalue weighted by Crippen LogP contribution is -2.02. The minimum absolute atomic E-state index is 0.140. The van der Waals surface area contributed by atoms with Crippen LogP contribution >= 0.6 is 0 Å². The van der Waals surface area contributed by atoms with E-state index in [9.17, 15) is 9.90 Å². The molecule has 194 valence electrons. The van der Waals surface area contributed by atoms with Crippen molar-refractivity contribution >= 4 is 39.3 Å². The molecular formula is C32H24N6O2. The van der Waals surface area contributed by atoms with Crippen LogP contribution in [0.5, 0.6) is 5.88 Å². The molecule has 0 aliphatic heterocycles. The molecule has 7 aromatic rings. The van der Waals surface area contributed by atoms with Crippen molar-refractivity contribution in [2.45, 2.75) is 13.5 Å². The summed E-state index contributed by atoms with van der Waals surface area (Å²) in [5, 5.41) is 19.6. The van der Waals surface area contributed by atoms with Crippen molar-refractivity contribution in [3.05, 3.63) is 120 Å². The number of benzene rings is 4. The Hall–Kier alpha value is -5.50. The number of nitrogens with one attached hydrogen (secondary N) is 1. The van der Waals surface area contributed by atoms with E-state index in [1.807, 2.05) is 102 Å². The molecule has 2 N–H and O–H groups in total. The van der Waals surface area contributed by atoms with Crippen LogP contribution in [0.4, 0.5) is 5.69 Å². The highest BCUT2D eigenvalue weighted by Crippen LogP contribution is 2.37. The van der Waals surface area contributed by atoms with Crippen LogP contribution in [0.1, 0.15) is 21.6 Å². The zero-order chi connectivity index (χ0) is 27.2. The Kier molecular flexibility index (Phi) is 5.52. The molecular weight excluding hydrogens is 500 g/mol. The molecule has 40 heavy (non-hydrogen) atoms. The predicted molar refractivity (Wildman–Crippen MR) is 155 cm³/mol. The smallest absolute Gasteiger partial charge is 0.314 e. The highest BCUT2D eigenvalue weighted by molar-refractivity contribution is 6.03. The normalized spacial score (nSPS) is 11.8. The second-order valence-corrected chi connectivity index (χ2v) is 9.75. The second kappa shape index (κ2) is 9.36. The maximum absolute atomic E-state index is 13.9. The summed E-state index contributed by atoms with van der Waals surface area (Å²) in [4.78, 5) is 21.8. The quantitative estimate of drug-likeness (QED) is 0.229. The van der Waals surface area contributed by atoms with Gasteiger partial charge in [-0.3, -0.25) is 9.20 Å². The number of aromatic nitrogens is 4. The van der Waals surface area contributed by atoms with Gasteiger partial charge in [0.05, 0.1) is 23.1 Å². The largest absolute Gasteiger partial charge is 0.493 e. The van der Waals surface area contributed by atoms with Gasteiger partial charge in [0.15, 0.2) is 5.69 Å². The predicted octanol–water partition coefficient (Wildman–Crippen LogP) is 7.42. The summed E-state index contributed by atoms with van der Waals surface area (Å²) in [7, 11) is 0. The van der Waals surface area contributed by atoms with Crippen LogP contribution in [0.15, 0.2) is 113 Å². The van der Waals surface area contributed by atoms with E-state index < -0.39 is 5.91 Å². The van der Waals surface area contributed by atoms with E-state index in [0.717, 1.165) is 27.7 Å². The molecule has 0 radical (unpaired) electrons. The Balaban J connectivity index is 1.44. The number of carbonyl (C=O) groups is 1. The van der Waals surface area contributed by atoms with Crippen molar-refractivity contribution in [3.8, 4) is 17.1 Å². The van der Waals surface area contributed by atoms with Crippen molar-refractivity contribution in [1.82, 2.24) is 18.9 Å². The fourth-order valence-corrected chi connectivity index (χ4v) is 5.24. The number of hydrogen-bond donors (Lipinski definition) is 2. The number of H-pyrrole nitrogens is 1. The summed E-state index contributed by atoms with van der Waals surface area (Å²) < 4.78 is 3.97. The molecule has 3 heterocycles. The van der Waals surface area contributed by atoms with E-state index in [0.29, 0.717) is 34.6 Å². The van der Waals surface area contributed by atoms with Crippen molar-refractivity contribution in [3.63, 3.8) is 0 Å². The van der Waals surface area contributed by atoms with Gasteiger partial charge in [0.2, 0.25) is 11.7 Å². The van der Waals surface area contributed by atoms with Gasteiger partial charge >= 0.3 is 5.91 Å². The number of aryl methyl sites for hydroxylation is 1. The summed E-state index contributed by atoms with van der Waals surface area (Å²) in [6, 6.07) is 33.4. The van der Waals surface area contributed by atoms with Gasteiger partial charge in [-0.05, 0) is 36.8 Å². The Morgan fingerprint density at radius 2 is 1.60 bits per heavy atom. The average molecular weight is 525 g/mol. The number of imidazole rings is 2. The molecule has 0 fully saturated rings. The van der Waals surface area contributed by atoms with Crippen LogP contribution in [-0.4, -0.2) is 29.9 Å². The molecule has 1 amide bonds. The minimum Gasteiger partial charge on any atom is -0.493 e. The lowest BCUT2D eigenvalue weighted by Gasteiger charge is -2.05. The lowest BCUT2D eigenvalue weighted by atomic mass is 10.1. The maximum Gasteiger partial charge on any atom is 0.314 e. The van der Waals surface area contributed by atoms with E-state index in [2.05, 4.69) is 31.9 Å². The Morgan fingerprint density at radius 3 is 2.38 bits per heavy atom. The Labute approximate surface area is 228 Å². The molecule has 0 spiro atoms. The van der Waals surface area contributed by atoms with E-state index >= 15 is 0 Å². The number of fused-ring (bicyclic) bond motifs is 4. The zero-order valence-corrected chi connectivity index (χ0v) is 21.6. The van der Waals surface area contributed by atoms with Crippen LogP contribution in [0.2, 0.25) is 0 Å². The van der Waals surface area contributed by atoms with Crippen LogP contribution in [0.25, 0.3) is 39.0 Å². The van der Waals surface area contributed by atoms with Gasteiger partial charge in [0, 0.05) is 10.9 Å². The number of aromatic amines is 1. The summed E-state index contributed by atoms with van der Waals surface area (Å²) in [6.45, 7) is 2.54.